The first-order chi connectivity index (χ1) is 12.0. The molecule has 1 aliphatic carbocycles. The van der Waals surface area contributed by atoms with E-state index in [2.05, 4.69) is 26.1 Å². The van der Waals surface area contributed by atoms with E-state index in [1.54, 1.807) is 0 Å². The minimum atomic E-state index is -0.397. The van der Waals surface area contributed by atoms with Crippen LogP contribution in [0.25, 0.3) is 0 Å². The van der Waals surface area contributed by atoms with Gasteiger partial charge in [-0.1, -0.05) is 0 Å². The summed E-state index contributed by atoms with van der Waals surface area (Å²) < 4.78 is 1.06. The first kappa shape index (κ1) is 15.9. The molecule has 8 nitrogen and oxygen atoms in total. The molecule has 1 aliphatic heterocycles. The van der Waals surface area contributed by atoms with Crippen LogP contribution in [0, 0.1) is 0 Å². The number of nitrogens with zero attached hydrogens (tertiary/aromatic N) is 5. The number of H-pyrrole nitrogens is 1. The topological polar surface area (TPSA) is 87.1 Å². The van der Waals surface area contributed by atoms with Crippen LogP contribution >= 0.6 is 0 Å². The lowest BCUT2D eigenvalue weighted by Crippen LogP contribution is -2.59. The zero-order chi connectivity index (χ0) is 17.6. The smallest absolute Gasteiger partial charge is 0.329 e. The van der Waals surface area contributed by atoms with E-state index in [0.29, 0.717) is 5.82 Å². The highest BCUT2D eigenvalue weighted by Gasteiger charge is 2.32. The predicted octanol–water partition coefficient (Wildman–Crippen LogP) is 0.0674. The fourth-order valence-corrected chi connectivity index (χ4v) is 3.45. The molecule has 4 rings (SSSR count). The van der Waals surface area contributed by atoms with Gasteiger partial charge < -0.3 is 9.80 Å². The molecule has 1 fully saturated rings. The summed E-state index contributed by atoms with van der Waals surface area (Å²) in [6.45, 7) is 1.59. The lowest BCUT2D eigenvalue weighted by Gasteiger charge is -2.45. The van der Waals surface area contributed by atoms with Crippen LogP contribution in [0.5, 0.6) is 0 Å². The van der Waals surface area contributed by atoms with E-state index < -0.39 is 5.69 Å². The molecule has 0 radical (unpaired) electrons. The molecule has 0 saturated carbocycles. The molecule has 0 spiro atoms. The summed E-state index contributed by atoms with van der Waals surface area (Å²) in [4.78, 5) is 30.5. The normalized spacial score (nSPS) is 17.1. The molecule has 0 amide bonds. The Bertz CT molecular complexity index is 881. The second-order valence-corrected chi connectivity index (χ2v) is 6.91. The van der Waals surface area contributed by atoms with Crippen molar-refractivity contribution in [2.45, 2.75) is 31.7 Å². The van der Waals surface area contributed by atoms with Crippen LogP contribution in [-0.2, 0) is 19.9 Å². The van der Waals surface area contributed by atoms with E-state index in [4.69, 9.17) is 0 Å². The van der Waals surface area contributed by atoms with Crippen molar-refractivity contribution >= 4 is 11.6 Å². The SMILES string of the molecule is CN(c1cc(=O)n(C)c(=O)[nH]1)C1CN(c2cc3c(nn2)CCCC3)C1. The molecule has 0 atom stereocenters. The zero-order valence-electron chi connectivity index (χ0n) is 14.5. The van der Waals surface area contributed by atoms with Crippen LogP contribution in [-0.4, -0.2) is 45.9 Å². The summed E-state index contributed by atoms with van der Waals surface area (Å²) >= 11 is 0. The highest BCUT2D eigenvalue weighted by molar-refractivity contribution is 5.49. The molecule has 0 unspecified atom stereocenters. The number of aryl methyl sites for hydroxylation is 2. The molecule has 25 heavy (non-hydrogen) atoms. The standard InChI is InChI=1S/C17H22N6O2/c1-21(14-8-16(24)22(2)17(25)18-14)12-9-23(10-12)15-7-11-5-3-4-6-13(11)19-20-15/h7-8,12H,3-6,9-10H2,1-2H3,(H,18,25). The fourth-order valence-electron chi connectivity index (χ4n) is 3.45. The molecule has 1 saturated heterocycles. The van der Waals surface area contributed by atoms with Crippen molar-refractivity contribution in [3.63, 3.8) is 0 Å². The van der Waals surface area contributed by atoms with Crippen molar-refractivity contribution < 1.29 is 0 Å². The molecule has 2 aliphatic rings. The first-order valence-electron chi connectivity index (χ1n) is 8.66. The molecule has 8 heteroatoms. The predicted molar refractivity (Wildman–Crippen MR) is 95.4 cm³/mol. The van der Waals surface area contributed by atoms with Crippen molar-refractivity contribution in [2.75, 3.05) is 29.9 Å². The molecule has 132 valence electrons. The van der Waals surface area contributed by atoms with Gasteiger partial charge in [-0.15, -0.1) is 5.10 Å². The van der Waals surface area contributed by atoms with Crippen molar-refractivity contribution in [1.29, 1.82) is 0 Å². The Hall–Kier alpha value is -2.64. The Kier molecular flexibility index (Phi) is 3.82. The van der Waals surface area contributed by atoms with Gasteiger partial charge in [-0.3, -0.25) is 14.3 Å². The summed E-state index contributed by atoms with van der Waals surface area (Å²) in [7, 11) is 3.36. The number of aromatic nitrogens is 4. The number of likely N-dealkylation sites (N-methyl/N-ethyl adjacent to an activating group) is 1. The molecule has 2 aromatic heterocycles. The number of hydrogen-bond donors (Lipinski definition) is 1. The minimum Gasteiger partial charge on any atom is -0.354 e. The second kappa shape index (κ2) is 6.02. The summed E-state index contributed by atoms with van der Waals surface area (Å²) in [5.74, 6) is 1.47. The average Bonchev–Trinajstić information content (AvgIpc) is 2.57. The maximum atomic E-state index is 11.8. The number of nitrogens with one attached hydrogen (secondary N) is 1. The number of aromatic amines is 1. The van der Waals surface area contributed by atoms with E-state index in [-0.39, 0.29) is 11.6 Å². The van der Waals surface area contributed by atoms with Crippen LogP contribution < -0.4 is 21.0 Å². The number of fused-ring (bicyclic) bond motifs is 1. The summed E-state index contributed by atoms with van der Waals surface area (Å²) in [5.41, 5.74) is 1.76. The summed E-state index contributed by atoms with van der Waals surface area (Å²) in [6.07, 6.45) is 4.54. The highest BCUT2D eigenvalue weighted by atomic mass is 16.2. The van der Waals surface area contributed by atoms with Gasteiger partial charge in [-0.05, 0) is 37.3 Å². The quantitative estimate of drug-likeness (QED) is 0.849. The highest BCUT2D eigenvalue weighted by Crippen LogP contribution is 2.26. The van der Waals surface area contributed by atoms with Gasteiger partial charge in [-0.2, -0.15) is 5.10 Å². The Morgan fingerprint density at radius 2 is 1.92 bits per heavy atom. The van der Waals surface area contributed by atoms with Crippen LogP contribution in [0.1, 0.15) is 24.1 Å². The lowest BCUT2D eigenvalue weighted by atomic mass is 9.96. The number of rotatable bonds is 3. The Morgan fingerprint density at radius 3 is 2.68 bits per heavy atom. The Balaban J connectivity index is 1.46. The van der Waals surface area contributed by atoms with Gasteiger partial charge in [0.15, 0.2) is 5.82 Å². The van der Waals surface area contributed by atoms with Gasteiger partial charge in [-0.25, -0.2) is 4.79 Å². The molecular formula is C17H22N6O2. The fraction of sp³-hybridized carbons (Fsp3) is 0.529. The van der Waals surface area contributed by atoms with Gasteiger partial charge in [0, 0.05) is 33.3 Å². The van der Waals surface area contributed by atoms with Crippen molar-refractivity contribution in [1.82, 2.24) is 19.7 Å². The Morgan fingerprint density at radius 1 is 1.16 bits per heavy atom. The van der Waals surface area contributed by atoms with Crippen LogP contribution in [0.4, 0.5) is 11.6 Å². The van der Waals surface area contributed by atoms with Gasteiger partial charge in [0.2, 0.25) is 0 Å². The van der Waals surface area contributed by atoms with E-state index in [1.807, 2.05) is 11.9 Å². The minimum absolute atomic E-state index is 0.223. The second-order valence-electron chi connectivity index (χ2n) is 6.91. The Labute approximate surface area is 145 Å². The van der Waals surface area contributed by atoms with Gasteiger partial charge in [0.05, 0.1) is 11.7 Å². The first-order valence-corrected chi connectivity index (χ1v) is 8.66. The largest absolute Gasteiger partial charge is 0.354 e. The third kappa shape index (κ3) is 2.81. The molecule has 3 heterocycles. The van der Waals surface area contributed by atoms with Gasteiger partial charge in [0.1, 0.15) is 5.82 Å². The lowest BCUT2D eigenvalue weighted by molar-refractivity contribution is 0.485. The van der Waals surface area contributed by atoms with Gasteiger partial charge in [0.25, 0.3) is 5.56 Å². The summed E-state index contributed by atoms with van der Waals surface area (Å²) in [6, 6.07) is 3.85. The number of anilines is 2. The van der Waals surface area contributed by atoms with Crippen molar-refractivity contribution in [3.8, 4) is 0 Å². The third-order valence-corrected chi connectivity index (χ3v) is 5.30. The van der Waals surface area contributed by atoms with Crippen LogP contribution in [0.3, 0.4) is 0 Å². The molecule has 2 aromatic rings. The van der Waals surface area contributed by atoms with Crippen LogP contribution in [0.15, 0.2) is 21.7 Å². The monoisotopic (exact) mass is 342 g/mol. The molecular weight excluding hydrogens is 320 g/mol. The van der Waals surface area contributed by atoms with Gasteiger partial charge >= 0.3 is 5.69 Å². The van der Waals surface area contributed by atoms with E-state index in [1.165, 1.54) is 31.5 Å². The summed E-state index contributed by atoms with van der Waals surface area (Å²) in [5, 5.41) is 8.75. The average molecular weight is 342 g/mol. The van der Waals surface area contributed by atoms with Crippen molar-refractivity contribution in [2.24, 2.45) is 7.05 Å². The van der Waals surface area contributed by atoms with E-state index in [9.17, 15) is 9.59 Å². The third-order valence-electron chi connectivity index (χ3n) is 5.30. The maximum Gasteiger partial charge on any atom is 0.329 e. The number of hydrogen-bond acceptors (Lipinski definition) is 6. The van der Waals surface area contributed by atoms with E-state index >= 15 is 0 Å². The molecule has 1 N–H and O–H groups in total. The molecule has 0 aromatic carbocycles. The van der Waals surface area contributed by atoms with E-state index in [0.717, 1.165) is 42.0 Å². The van der Waals surface area contributed by atoms with Crippen LogP contribution in [0.2, 0.25) is 0 Å². The zero-order valence-corrected chi connectivity index (χ0v) is 14.5. The molecule has 0 bridgehead atoms. The maximum absolute atomic E-state index is 11.8. The van der Waals surface area contributed by atoms with Crippen molar-refractivity contribution in [3.05, 3.63) is 44.2 Å².